The number of halogens is 1. The summed E-state index contributed by atoms with van der Waals surface area (Å²) in [4.78, 5) is 10.2. The van der Waals surface area contributed by atoms with Gasteiger partial charge in [-0.2, -0.15) is 5.10 Å². The van der Waals surface area contributed by atoms with E-state index >= 15 is 0 Å². The molecule has 1 atom stereocenters. The molecule has 1 aliphatic rings. The third-order valence-corrected chi connectivity index (χ3v) is 3.80. The molecule has 1 fully saturated rings. The Kier molecular flexibility index (Phi) is 4.26. The van der Waals surface area contributed by atoms with E-state index in [9.17, 15) is 10.1 Å². The van der Waals surface area contributed by atoms with Gasteiger partial charge in [0.15, 0.2) is 0 Å². The highest BCUT2D eigenvalue weighted by Gasteiger charge is 2.16. The molecule has 0 amide bonds. The first-order chi connectivity index (χ1) is 10.6. The number of benzene rings is 1. The maximum Gasteiger partial charge on any atom is 0.271 e. The van der Waals surface area contributed by atoms with Gasteiger partial charge in [-0.15, -0.1) is 0 Å². The quantitative estimate of drug-likeness (QED) is 0.674. The maximum absolute atomic E-state index is 10.7. The van der Waals surface area contributed by atoms with Crippen LogP contribution in [-0.2, 0) is 11.3 Å². The molecular weight excluding hydrogens is 308 g/mol. The Bertz CT molecular complexity index is 682. The average molecular weight is 323 g/mol. The third kappa shape index (κ3) is 3.37. The van der Waals surface area contributed by atoms with Crippen molar-refractivity contribution in [2.24, 2.45) is 0 Å². The maximum atomic E-state index is 10.7. The van der Waals surface area contributed by atoms with Gasteiger partial charge in [0.1, 0.15) is 0 Å². The van der Waals surface area contributed by atoms with Crippen molar-refractivity contribution in [3.05, 3.63) is 45.7 Å². The summed E-state index contributed by atoms with van der Waals surface area (Å²) in [5.74, 6) is 0. The minimum absolute atomic E-state index is 0.0374. The van der Waals surface area contributed by atoms with E-state index in [1.54, 1.807) is 12.3 Å². The van der Waals surface area contributed by atoms with E-state index in [2.05, 4.69) is 10.4 Å². The lowest BCUT2D eigenvalue weighted by Gasteiger charge is -2.08. The molecule has 22 heavy (non-hydrogen) atoms. The first kappa shape index (κ1) is 14.8. The van der Waals surface area contributed by atoms with Gasteiger partial charge >= 0.3 is 0 Å². The molecule has 0 bridgehead atoms. The van der Waals surface area contributed by atoms with Crippen LogP contribution in [0.3, 0.4) is 0 Å². The number of nitro groups is 1. The first-order valence-electron chi connectivity index (χ1n) is 6.97. The number of rotatable bonds is 5. The molecule has 116 valence electrons. The zero-order chi connectivity index (χ0) is 15.5. The van der Waals surface area contributed by atoms with Crippen LogP contribution in [0.25, 0.3) is 0 Å². The van der Waals surface area contributed by atoms with Gasteiger partial charge < -0.3 is 10.1 Å². The monoisotopic (exact) mass is 322 g/mol. The largest absolute Gasteiger partial charge is 0.376 e. The lowest BCUT2D eigenvalue weighted by atomic mass is 10.2. The highest BCUT2D eigenvalue weighted by atomic mass is 35.5. The summed E-state index contributed by atoms with van der Waals surface area (Å²) in [5, 5.41) is 18.4. The van der Waals surface area contributed by atoms with E-state index in [4.69, 9.17) is 16.3 Å². The van der Waals surface area contributed by atoms with Crippen LogP contribution in [0.2, 0.25) is 5.02 Å². The van der Waals surface area contributed by atoms with Gasteiger partial charge in [-0.25, -0.2) is 0 Å². The molecule has 0 aliphatic carbocycles. The predicted molar refractivity (Wildman–Crippen MR) is 82.6 cm³/mol. The van der Waals surface area contributed by atoms with E-state index in [1.807, 2.05) is 10.9 Å². The van der Waals surface area contributed by atoms with Crippen molar-refractivity contribution < 1.29 is 9.66 Å². The van der Waals surface area contributed by atoms with Gasteiger partial charge in [0.05, 0.1) is 40.2 Å². The summed E-state index contributed by atoms with van der Waals surface area (Å²) in [7, 11) is 0. The molecule has 3 rings (SSSR count). The van der Waals surface area contributed by atoms with Crippen molar-refractivity contribution in [2.45, 2.75) is 25.5 Å². The molecule has 0 spiro atoms. The molecule has 0 saturated carbocycles. The molecular formula is C14H15ClN4O3. The minimum Gasteiger partial charge on any atom is -0.376 e. The Hall–Kier alpha value is -2.12. The van der Waals surface area contributed by atoms with E-state index < -0.39 is 4.92 Å². The number of hydrogen-bond donors (Lipinski definition) is 1. The fourth-order valence-electron chi connectivity index (χ4n) is 2.40. The molecule has 7 nitrogen and oxygen atoms in total. The van der Waals surface area contributed by atoms with Crippen LogP contribution in [0, 0.1) is 10.1 Å². The summed E-state index contributed by atoms with van der Waals surface area (Å²) in [6, 6.07) is 4.31. The van der Waals surface area contributed by atoms with E-state index in [1.165, 1.54) is 12.1 Å². The van der Waals surface area contributed by atoms with Gasteiger partial charge in [0, 0.05) is 24.9 Å². The number of nitrogens with one attached hydrogen (secondary N) is 1. The van der Waals surface area contributed by atoms with Gasteiger partial charge in [-0.3, -0.25) is 14.8 Å². The molecule has 1 saturated heterocycles. The molecule has 0 unspecified atom stereocenters. The lowest BCUT2D eigenvalue weighted by molar-refractivity contribution is -0.384. The van der Waals surface area contributed by atoms with Crippen molar-refractivity contribution in [1.29, 1.82) is 0 Å². The standard InChI is InChI=1S/C14H15ClN4O3/c15-13-6-11(19(20)21)3-4-14(13)17-10-7-16-18(8-10)9-12-2-1-5-22-12/h3-4,6-8,12,17H,1-2,5,9H2/t12-/m0/s1. The van der Waals surface area contributed by atoms with E-state index in [0.29, 0.717) is 10.7 Å². The molecule has 1 aromatic heterocycles. The molecule has 1 aromatic carbocycles. The van der Waals surface area contributed by atoms with Crippen LogP contribution in [0.4, 0.5) is 17.1 Å². The Morgan fingerprint density at radius 2 is 2.41 bits per heavy atom. The molecule has 0 radical (unpaired) electrons. The van der Waals surface area contributed by atoms with Gasteiger partial charge in [0.2, 0.25) is 0 Å². The van der Waals surface area contributed by atoms with Crippen molar-refractivity contribution in [3.8, 4) is 0 Å². The summed E-state index contributed by atoms with van der Waals surface area (Å²) >= 11 is 6.05. The van der Waals surface area contributed by atoms with E-state index in [-0.39, 0.29) is 11.8 Å². The Balaban J connectivity index is 1.68. The highest BCUT2D eigenvalue weighted by Crippen LogP contribution is 2.29. The van der Waals surface area contributed by atoms with Crippen LogP contribution >= 0.6 is 11.6 Å². The summed E-state index contributed by atoms with van der Waals surface area (Å²) < 4.78 is 7.39. The van der Waals surface area contributed by atoms with Crippen molar-refractivity contribution in [2.75, 3.05) is 11.9 Å². The number of hydrogen-bond acceptors (Lipinski definition) is 5. The Morgan fingerprint density at radius 1 is 1.55 bits per heavy atom. The zero-order valence-electron chi connectivity index (χ0n) is 11.7. The van der Waals surface area contributed by atoms with Crippen LogP contribution in [-0.4, -0.2) is 27.4 Å². The predicted octanol–water partition coefficient (Wildman–Crippen LogP) is 3.37. The van der Waals surface area contributed by atoms with E-state index in [0.717, 1.165) is 31.7 Å². The number of anilines is 2. The second-order valence-electron chi connectivity index (χ2n) is 5.13. The topological polar surface area (TPSA) is 82.2 Å². The van der Waals surface area contributed by atoms with Gasteiger partial charge in [0.25, 0.3) is 5.69 Å². The van der Waals surface area contributed by atoms with Crippen LogP contribution < -0.4 is 5.32 Å². The second kappa shape index (κ2) is 6.33. The smallest absolute Gasteiger partial charge is 0.271 e. The highest BCUT2D eigenvalue weighted by molar-refractivity contribution is 6.33. The lowest BCUT2D eigenvalue weighted by Crippen LogP contribution is -2.15. The van der Waals surface area contributed by atoms with Crippen molar-refractivity contribution in [3.63, 3.8) is 0 Å². The minimum atomic E-state index is -0.477. The number of nitrogens with zero attached hydrogens (tertiary/aromatic N) is 3. The molecule has 1 N–H and O–H groups in total. The Labute approximate surface area is 132 Å². The average Bonchev–Trinajstić information content (AvgIpc) is 3.13. The van der Waals surface area contributed by atoms with Gasteiger partial charge in [-0.05, 0) is 18.9 Å². The Morgan fingerprint density at radius 3 is 3.09 bits per heavy atom. The fourth-order valence-corrected chi connectivity index (χ4v) is 2.62. The third-order valence-electron chi connectivity index (χ3n) is 3.49. The number of ether oxygens (including phenoxy) is 1. The number of nitro benzene ring substituents is 1. The molecule has 8 heteroatoms. The molecule has 2 aromatic rings. The normalized spacial score (nSPS) is 17.6. The first-order valence-corrected chi connectivity index (χ1v) is 7.34. The molecule has 2 heterocycles. The summed E-state index contributed by atoms with van der Waals surface area (Å²) in [5.41, 5.74) is 1.34. The number of aromatic nitrogens is 2. The molecule has 1 aliphatic heterocycles. The van der Waals surface area contributed by atoms with Gasteiger partial charge in [-0.1, -0.05) is 11.6 Å². The van der Waals surface area contributed by atoms with Crippen LogP contribution in [0.1, 0.15) is 12.8 Å². The van der Waals surface area contributed by atoms with Crippen molar-refractivity contribution in [1.82, 2.24) is 9.78 Å². The fraction of sp³-hybridized carbons (Fsp3) is 0.357. The van der Waals surface area contributed by atoms with Crippen LogP contribution in [0.15, 0.2) is 30.6 Å². The van der Waals surface area contributed by atoms with Crippen molar-refractivity contribution >= 4 is 28.7 Å². The SMILES string of the molecule is O=[N+]([O-])c1ccc(Nc2cnn(C[C@@H]3CCCO3)c2)c(Cl)c1. The van der Waals surface area contributed by atoms with Crippen LogP contribution in [0.5, 0.6) is 0 Å². The summed E-state index contributed by atoms with van der Waals surface area (Å²) in [6.07, 6.45) is 5.91. The zero-order valence-corrected chi connectivity index (χ0v) is 12.5. The summed E-state index contributed by atoms with van der Waals surface area (Å²) in [6.45, 7) is 1.53. The number of non-ortho nitro benzene ring substituents is 1. The second-order valence-corrected chi connectivity index (χ2v) is 5.54.